The maximum atomic E-state index is 12.7. The number of carbonyl (C=O) groups is 1. The molecular weight excluding hydrogens is 368 g/mol. The number of nitrogens with one attached hydrogen (secondary N) is 1. The highest BCUT2D eigenvalue weighted by molar-refractivity contribution is 7.22. The van der Waals surface area contributed by atoms with E-state index in [0.717, 1.165) is 20.9 Å². The average Bonchev–Trinajstić information content (AvgIpc) is 3.25. The second-order valence-electron chi connectivity index (χ2n) is 5.43. The maximum absolute atomic E-state index is 12.7. The monoisotopic (exact) mass is 382 g/mol. The number of rotatable bonds is 4. The normalized spacial score (nSPS) is 10.8. The number of fused-ring (bicyclic) bond motifs is 1. The Labute approximate surface area is 157 Å². The van der Waals surface area contributed by atoms with Crippen molar-refractivity contribution in [3.63, 3.8) is 0 Å². The van der Waals surface area contributed by atoms with Crippen molar-refractivity contribution in [3.8, 4) is 16.5 Å². The van der Waals surface area contributed by atoms with Crippen molar-refractivity contribution in [2.75, 3.05) is 12.4 Å². The molecule has 0 saturated carbocycles. The molecule has 0 atom stereocenters. The lowest BCUT2D eigenvalue weighted by atomic mass is 10.3. The average molecular weight is 382 g/mol. The van der Waals surface area contributed by atoms with Crippen molar-refractivity contribution in [2.24, 2.45) is 0 Å². The van der Waals surface area contributed by atoms with Crippen molar-refractivity contribution in [1.29, 1.82) is 0 Å². The first-order chi connectivity index (χ1) is 12.7. The molecule has 0 aliphatic rings. The summed E-state index contributed by atoms with van der Waals surface area (Å²) in [6.45, 7) is 1.82. The second kappa shape index (κ2) is 6.81. The smallest absolute Gasteiger partial charge is 0.269 e. The number of hydrogen-bond acceptors (Lipinski definition) is 7. The molecule has 4 rings (SSSR count). The van der Waals surface area contributed by atoms with Crippen LogP contribution in [0.1, 0.15) is 15.4 Å². The summed E-state index contributed by atoms with van der Waals surface area (Å²) in [4.78, 5) is 26.5. The number of ether oxygens (including phenoxy) is 1. The van der Waals surface area contributed by atoms with Crippen molar-refractivity contribution < 1.29 is 9.53 Å². The molecule has 0 aliphatic heterocycles. The van der Waals surface area contributed by atoms with Gasteiger partial charge in [-0.1, -0.05) is 23.5 Å². The number of pyridine rings is 1. The first kappa shape index (κ1) is 16.6. The summed E-state index contributed by atoms with van der Waals surface area (Å²) in [5.74, 6) is 0.464. The first-order valence-electron chi connectivity index (χ1n) is 7.79. The van der Waals surface area contributed by atoms with E-state index in [4.69, 9.17) is 4.74 Å². The van der Waals surface area contributed by atoms with Crippen LogP contribution < -0.4 is 10.1 Å². The third-order valence-corrected chi connectivity index (χ3v) is 5.82. The molecule has 3 aromatic heterocycles. The van der Waals surface area contributed by atoms with E-state index in [1.54, 1.807) is 13.3 Å². The minimum atomic E-state index is -0.222. The fourth-order valence-electron chi connectivity index (χ4n) is 2.50. The predicted octanol–water partition coefficient (Wildman–Crippen LogP) is 4.38. The van der Waals surface area contributed by atoms with E-state index >= 15 is 0 Å². The molecule has 1 N–H and O–H groups in total. The fourth-order valence-corrected chi connectivity index (χ4v) is 4.32. The molecule has 0 saturated heterocycles. The van der Waals surface area contributed by atoms with Crippen LogP contribution in [0, 0.1) is 6.92 Å². The van der Waals surface area contributed by atoms with Gasteiger partial charge in [0, 0.05) is 6.20 Å². The number of aryl methyl sites for hydroxylation is 1. The van der Waals surface area contributed by atoms with Gasteiger partial charge >= 0.3 is 0 Å². The Balaban J connectivity index is 1.62. The lowest BCUT2D eigenvalue weighted by Crippen LogP contribution is -2.11. The van der Waals surface area contributed by atoms with Gasteiger partial charge in [0.2, 0.25) is 0 Å². The Hall–Kier alpha value is -2.84. The predicted molar refractivity (Wildman–Crippen MR) is 104 cm³/mol. The third-order valence-electron chi connectivity index (χ3n) is 3.71. The molecule has 1 aromatic carbocycles. The number of hydrogen-bond donors (Lipinski definition) is 1. The number of carbonyl (C=O) groups excluding carboxylic acids is 1. The topological polar surface area (TPSA) is 77.0 Å². The quantitative estimate of drug-likeness (QED) is 0.567. The van der Waals surface area contributed by atoms with Crippen LogP contribution in [0.5, 0.6) is 5.75 Å². The Morgan fingerprint density at radius 3 is 2.77 bits per heavy atom. The van der Waals surface area contributed by atoms with Crippen LogP contribution in [0.25, 0.3) is 20.9 Å². The van der Waals surface area contributed by atoms with Gasteiger partial charge in [0.1, 0.15) is 21.2 Å². The standard InChI is InChI=1S/C18H14N4O2S2/c1-10-15(26-17(20-10)11-6-3-4-9-19-11)16(23)22-18-21-14-12(24-2)7-5-8-13(14)25-18/h3-9H,1-2H3,(H,21,22,23). The molecule has 1 amide bonds. The molecule has 26 heavy (non-hydrogen) atoms. The zero-order chi connectivity index (χ0) is 18.1. The largest absolute Gasteiger partial charge is 0.494 e. The summed E-state index contributed by atoms with van der Waals surface area (Å²) in [6, 6.07) is 11.3. The van der Waals surface area contributed by atoms with Crippen LogP contribution in [0.2, 0.25) is 0 Å². The van der Waals surface area contributed by atoms with E-state index in [2.05, 4.69) is 20.3 Å². The van der Waals surface area contributed by atoms with Crippen LogP contribution >= 0.6 is 22.7 Å². The molecule has 0 bridgehead atoms. The van der Waals surface area contributed by atoms with E-state index in [1.165, 1.54) is 22.7 Å². The maximum Gasteiger partial charge on any atom is 0.269 e. The van der Waals surface area contributed by atoms with Gasteiger partial charge in [-0.15, -0.1) is 11.3 Å². The molecule has 8 heteroatoms. The highest BCUT2D eigenvalue weighted by Gasteiger charge is 2.18. The van der Waals surface area contributed by atoms with Crippen LogP contribution in [-0.2, 0) is 0 Å². The second-order valence-corrected chi connectivity index (χ2v) is 7.46. The molecule has 0 spiro atoms. The van der Waals surface area contributed by atoms with E-state index < -0.39 is 0 Å². The zero-order valence-electron chi connectivity index (χ0n) is 14.0. The van der Waals surface area contributed by atoms with E-state index in [1.807, 2.05) is 43.3 Å². The van der Waals surface area contributed by atoms with Gasteiger partial charge in [-0.25, -0.2) is 9.97 Å². The Bertz CT molecular complexity index is 1090. The number of anilines is 1. The third kappa shape index (κ3) is 3.04. The lowest BCUT2D eigenvalue weighted by Gasteiger charge is -1.99. The summed E-state index contributed by atoms with van der Waals surface area (Å²) in [5.41, 5.74) is 2.17. The van der Waals surface area contributed by atoms with Crippen molar-refractivity contribution >= 4 is 43.9 Å². The molecule has 0 fully saturated rings. The van der Waals surface area contributed by atoms with Gasteiger partial charge in [-0.05, 0) is 31.2 Å². The number of nitrogens with zero attached hydrogens (tertiary/aromatic N) is 3. The van der Waals surface area contributed by atoms with Crippen molar-refractivity contribution in [2.45, 2.75) is 6.92 Å². The van der Waals surface area contributed by atoms with Crippen molar-refractivity contribution in [1.82, 2.24) is 15.0 Å². The number of amides is 1. The first-order valence-corrected chi connectivity index (χ1v) is 9.42. The van der Waals surface area contributed by atoms with Gasteiger partial charge in [0.25, 0.3) is 5.91 Å². The molecular formula is C18H14N4O2S2. The van der Waals surface area contributed by atoms with Gasteiger partial charge in [-0.3, -0.25) is 15.1 Å². The van der Waals surface area contributed by atoms with E-state index in [0.29, 0.717) is 21.5 Å². The van der Waals surface area contributed by atoms with Gasteiger partial charge in [0.05, 0.1) is 23.2 Å². The van der Waals surface area contributed by atoms with Gasteiger partial charge in [-0.2, -0.15) is 0 Å². The summed E-state index contributed by atoms with van der Waals surface area (Å²) >= 11 is 2.73. The summed E-state index contributed by atoms with van der Waals surface area (Å²) in [5, 5.41) is 4.12. The molecule has 0 radical (unpaired) electrons. The SMILES string of the molecule is COc1cccc2sc(NC(=O)c3sc(-c4ccccn4)nc3C)nc12. The van der Waals surface area contributed by atoms with Crippen LogP contribution in [0.3, 0.4) is 0 Å². The molecule has 6 nitrogen and oxygen atoms in total. The lowest BCUT2D eigenvalue weighted by molar-refractivity contribution is 0.103. The minimum Gasteiger partial charge on any atom is -0.494 e. The summed E-state index contributed by atoms with van der Waals surface area (Å²) in [6.07, 6.45) is 1.71. The highest BCUT2D eigenvalue weighted by Crippen LogP contribution is 2.33. The van der Waals surface area contributed by atoms with Crippen LogP contribution in [0.4, 0.5) is 5.13 Å². The van der Waals surface area contributed by atoms with Crippen molar-refractivity contribution in [3.05, 3.63) is 53.2 Å². The van der Waals surface area contributed by atoms with Crippen LogP contribution in [0.15, 0.2) is 42.6 Å². The summed E-state index contributed by atoms with van der Waals surface area (Å²) < 4.78 is 6.27. The van der Waals surface area contributed by atoms with E-state index in [9.17, 15) is 4.79 Å². The number of aromatic nitrogens is 3. The minimum absolute atomic E-state index is 0.222. The van der Waals surface area contributed by atoms with Crippen LogP contribution in [-0.4, -0.2) is 28.0 Å². The van der Waals surface area contributed by atoms with Gasteiger partial charge < -0.3 is 4.74 Å². The molecule has 0 unspecified atom stereocenters. The molecule has 130 valence electrons. The Morgan fingerprint density at radius 1 is 1.12 bits per heavy atom. The van der Waals surface area contributed by atoms with E-state index in [-0.39, 0.29) is 5.91 Å². The number of methoxy groups -OCH3 is 1. The van der Waals surface area contributed by atoms with Gasteiger partial charge in [0.15, 0.2) is 5.13 Å². The Morgan fingerprint density at radius 2 is 2.00 bits per heavy atom. The fraction of sp³-hybridized carbons (Fsp3) is 0.111. The number of thiazole rings is 2. The molecule has 0 aliphatic carbocycles. The Kier molecular flexibility index (Phi) is 4.36. The highest BCUT2D eigenvalue weighted by atomic mass is 32.1. The molecule has 4 aromatic rings. The molecule has 3 heterocycles. The zero-order valence-corrected chi connectivity index (χ0v) is 15.6. The summed E-state index contributed by atoms with van der Waals surface area (Å²) in [7, 11) is 1.60. The number of para-hydroxylation sites is 1. The number of benzene rings is 1.